The molecule has 1 saturated heterocycles. The van der Waals surface area contributed by atoms with Crippen molar-refractivity contribution in [2.24, 2.45) is 5.73 Å². The number of rotatable bonds is 8. The van der Waals surface area contributed by atoms with Crippen molar-refractivity contribution < 1.29 is 33.8 Å². The highest BCUT2D eigenvalue weighted by atomic mass is 16.5. The molecule has 0 spiro atoms. The lowest BCUT2D eigenvalue weighted by atomic mass is 10.3. The number of carboxylic acids is 1. The summed E-state index contributed by atoms with van der Waals surface area (Å²) >= 11 is 0. The number of hydrogen-bond donors (Lipinski definition) is 2. The molecule has 0 unspecified atom stereocenters. The summed E-state index contributed by atoms with van der Waals surface area (Å²) < 4.78 is 9.49. The Morgan fingerprint density at radius 3 is 1.23 bits per heavy atom. The Bertz CT molecular complexity index is 523. The number of nitrogens with zero attached hydrogens (tertiary/aromatic N) is 4. The van der Waals surface area contributed by atoms with Gasteiger partial charge in [-0.15, -0.1) is 0 Å². The maximum absolute atomic E-state index is 11.7. The summed E-state index contributed by atoms with van der Waals surface area (Å²) in [7, 11) is 2.62. The van der Waals surface area contributed by atoms with Crippen LogP contribution in [0.1, 0.15) is 0 Å². The number of carboxylic acid groups (broad SMARTS) is 1. The fraction of sp³-hybridized carbons (Fsp3) is 0.778. The van der Waals surface area contributed by atoms with Gasteiger partial charge in [0, 0.05) is 52.4 Å². The van der Waals surface area contributed by atoms with Crippen LogP contribution in [0.3, 0.4) is 0 Å². The number of ether oxygens (including phenoxy) is 2. The molecule has 0 radical (unpaired) electrons. The molecule has 1 amide bonds. The fourth-order valence-corrected chi connectivity index (χ4v) is 3.12. The Morgan fingerprint density at radius 1 is 0.667 bits per heavy atom. The smallest absolute Gasteiger partial charge is 0.319 e. The second-order valence-corrected chi connectivity index (χ2v) is 7.12. The van der Waals surface area contributed by atoms with Crippen molar-refractivity contribution in [2.45, 2.75) is 0 Å². The quantitative estimate of drug-likeness (QED) is 0.382. The Hall–Kier alpha value is -2.28. The van der Waals surface area contributed by atoms with Gasteiger partial charge in [0.05, 0.1) is 40.4 Å². The second kappa shape index (κ2) is 13.9. The third-order valence-corrected chi connectivity index (χ3v) is 4.83. The van der Waals surface area contributed by atoms with Gasteiger partial charge in [0.1, 0.15) is 0 Å². The van der Waals surface area contributed by atoms with E-state index in [-0.39, 0.29) is 26.2 Å². The van der Waals surface area contributed by atoms with E-state index in [4.69, 9.17) is 15.2 Å². The predicted octanol–water partition coefficient (Wildman–Crippen LogP) is -2.88. The van der Waals surface area contributed by atoms with Crippen LogP contribution in [-0.4, -0.2) is 141 Å². The molecular formula is C18H33N5O7. The topological polar surface area (TPSA) is 146 Å². The van der Waals surface area contributed by atoms with E-state index < -0.39 is 23.8 Å². The number of methoxy groups -OCH3 is 2. The van der Waals surface area contributed by atoms with Gasteiger partial charge in [0.15, 0.2) is 0 Å². The highest BCUT2D eigenvalue weighted by Gasteiger charge is 2.21. The van der Waals surface area contributed by atoms with Crippen LogP contribution in [-0.2, 0) is 28.7 Å². The number of carbonyl (C=O) groups is 4. The van der Waals surface area contributed by atoms with Crippen molar-refractivity contribution in [3.05, 3.63) is 0 Å². The van der Waals surface area contributed by atoms with E-state index >= 15 is 0 Å². The van der Waals surface area contributed by atoms with Gasteiger partial charge in [0.25, 0.3) is 0 Å². The molecule has 30 heavy (non-hydrogen) atoms. The van der Waals surface area contributed by atoms with Crippen LogP contribution < -0.4 is 5.73 Å². The van der Waals surface area contributed by atoms with Crippen LogP contribution in [0, 0.1) is 0 Å². The van der Waals surface area contributed by atoms with Gasteiger partial charge < -0.3 is 20.3 Å². The van der Waals surface area contributed by atoms with Crippen LogP contribution in [0.4, 0.5) is 0 Å². The standard InChI is InChI=1S/C18H33N5O7/c1-29-17(27)13-22-7-3-20(11-15(19)24)4-8-23(14-18(28)30-2)10-6-21(5-9-22)12-16(25)26/h3-14H2,1-2H3,(H2,19,24)(H,25,26). The maximum atomic E-state index is 11.7. The van der Waals surface area contributed by atoms with Gasteiger partial charge in [-0.25, -0.2) is 0 Å². The lowest BCUT2D eigenvalue weighted by Gasteiger charge is -2.32. The summed E-state index contributed by atoms with van der Waals surface area (Å²) in [5, 5.41) is 9.20. The van der Waals surface area contributed by atoms with Gasteiger partial charge in [-0.2, -0.15) is 0 Å². The van der Waals surface area contributed by atoms with E-state index in [1.54, 1.807) is 4.90 Å². The molecule has 1 rings (SSSR count). The molecule has 0 aromatic heterocycles. The summed E-state index contributed by atoms with van der Waals surface area (Å²) in [6.45, 7) is 3.68. The molecule has 0 atom stereocenters. The molecule has 12 heteroatoms. The lowest BCUT2D eigenvalue weighted by molar-refractivity contribution is -0.143. The van der Waals surface area contributed by atoms with Gasteiger partial charge in [0.2, 0.25) is 5.91 Å². The minimum Gasteiger partial charge on any atom is -0.480 e. The molecule has 1 aliphatic heterocycles. The first-order valence-electron chi connectivity index (χ1n) is 9.76. The molecule has 0 aromatic carbocycles. The molecule has 172 valence electrons. The van der Waals surface area contributed by atoms with Crippen LogP contribution in [0.15, 0.2) is 0 Å². The van der Waals surface area contributed by atoms with Crippen LogP contribution in [0.2, 0.25) is 0 Å². The lowest BCUT2D eigenvalue weighted by Crippen LogP contribution is -2.49. The SMILES string of the molecule is COC(=O)CN1CCN(CC(N)=O)CCN(CC(=O)OC)CCN(CC(=O)O)CC1. The number of aliphatic carboxylic acids is 1. The van der Waals surface area contributed by atoms with Crippen molar-refractivity contribution in [3.63, 3.8) is 0 Å². The number of carbonyl (C=O) groups excluding carboxylic acids is 3. The van der Waals surface area contributed by atoms with E-state index in [0.29, 0.717) is 52.4 Å². The second-order valence-electron chi connectivity index (χ2n) is 7.12. The average Bonchev–Trinajstić information content (AvgIpc) is 2.68. The Kier molecular flexibility index (Phi) is 11.9. The highest BCUT2D eigenvalue weighted by Crippen LogP contribution is 2.02. The summed E-state index contributed by atoms with van der Waals surface area (Å²) in [6.07, 6.45) is 0. The van der Waals surface area contributed by atoms with Crippen molar-refractivity contribution in [1.82, 2.24) is 19.6 Å². The Morgan fingerprint density at radius 2 is 0.967 bits per heavy atom. The summed E-state index contributed by atoms with van der Waals surface area (Å²) in [5.41, 5.74) is 5.36. The molecule has 1 aliphatic rings. The molecule has 0 bridgehead atoms. The number of nitrogens with two attached hydrogens (primary N) is 1. The molecule has 0 aliphatic carbocycles. The summed E-state index contributed by atoms with van der Waals surface area (Å²) in [4.78, 5) is 53.5. The van der Waals surface area contributed by atoms with Crippen molar-refractivity contribution in [3.8, 4) is 0 Å². The first-order chi connectivity index (χ1) is 14.2. The van der Waals surface area contributed by atoms with Gasteiger partial charge in [-0.05, 0) is 0 Å². The molecule has 1 fully saturated rings. The molecule has 12 nitrogen and oxygen atoms in total. The maximum Gasteiger partial charge on any atom is 0.319 e. The monoisotopic (exact) mass is 431 g/mol. The van der Waals surface area contributed by atoms with E-state index in [1.807, 2.05) is 14.7 Å². The zero-order valence-electron chi connectivity index (χ0n) is 17.7. The van der Waals surface area contributed by atoms with Gasteiger partial charge in [-0.1, -0.05) is 0 Å². The van der Waals surface area contributed by atoms with E-state index in [9.17, 15) is 24.3 Å². The third-order valence-electron chi connectivity index (χ3n) is 4.83. The van der Waals surface area contributed by atoms with E-state index in [0.717, 1.165) is 0 Å². The van der Waals surface area contributed by atoms with Crippen LogP contribution in [0.25, 0.3) is 0 Å². The predicted molar refractivity (Wildman–Crippen MR) is 107 cm³/mol. The zero-order valence-corrected chi connectivity index (χ0v) is 17.7. The van der Waals surface area contributed by atoms with Gasteiger partial charge in [-0.3, -0.25) is 38.8 Å². The first kappa shape index (κ1) is 25.8. The molecular weight excluding hydrogens is 398 g/mol. The molecule has 0 saturated carbocycles. The summed E-state index contributed by atoms with van der Waals surface area (Å²) in [5.74, 6) is -2.20. The molecule has 1 heterocycles. The number of amides is 1. The van der Waals surface area contributed by atoms with Crippen LogP contribution >= 0.6 is 0 Å². The fourth-order valence-electron chi connectivity index (χ4n) is 3.12. The minimum atomic E-state index is -0.950. The Labute approximate surface area is 176 Å². The van der Waals surface area contributed by atoms with Crippen molar-refractivity contribution in [2.75, 3.05) is 92.8 Å². The van der Waals surface area contributed by atoms with Gasteiger partial charge >= 0.3 is 17.9 Å². The minimum absolute atomic E-state index is 0.0588. The average molecular weight is 431 g/mol. The number of primary amides is 1. The zero-order chi connectivity index (χ0) is 22.5. The molecule has 0 aromatic rings. The Balaban J connectivity index is 2.94. The largest absolute Gasteiger partial charge is 0.480 e. The number of esters is 2. The van der Waals surface area contributed by atoms with E-state index in [2.05, 4.69) is 0 Å². The number of hydrogen-bond acceptors (Lipinski definition) is 10. The summed E-state index contributed by atoms with van der Waals surface area (Å²) in [6, 6.07) is 0. The van der Waals surface area contributed by atoms with Crippen molar-refractivity contribution >= 4 is 23.8 Å². The first-order valence-corrected chi connectivity index (χ1v) is 9.76. The van der Waals surface area contributed by atoms with Crippen LogP contribution in [0.5, 0.6) is 0 Å². The van der Waals surface area contributed by atoms with Crippen molar-refractivity contribution in [1.29, 1.82) is 0 Å². The van der Waals surface area contributed by atoms with E-state index in [1.165, 1.54) is 14.2 Å². The normalized spacial score (nSPS) is 18.7. The highest BCUT2D eigenvalue weighted by molar-refractivity contribution is 5.76. The molecule has 3 N–H and O–H groups in total. The third kappa shape index (κ3) is 11.0.